The van der Waals surface area contributed by atoms with Crippen LogP contribution in [0.3, 0.4) is 0 Å². The van der Waals surface area contributed by atoms with Gasteiger partial charge in [0.2, 0.25) is 0 Å². The zero-order chi connectivity index (χ0) is 11.9. The van der Waals surface area contributed by atoms with Gasteiger partial charge >= 0.3 is 0 Å². The van der Waals surface area contributed by atoms with Crippen molar-refractivity contribution in [2.75, 3.05) is 6.61 Å². The molecule has 2 rings (SSSR count). The lowest BCUT2D eigenvalue weighted by molar-refractivity contribution is 0.370. The Morgan fingerprint density at radius 1 is 1.29 bits per heavy atom. The van der Waals surface area contributed by atoms with E-state index in [-0.39, 0.29) is 0 Å². The molecule has 4 heteroatoms. The molecule has 2 aromatic rings. The molecule has 0 aliphatic rings. The minimum Gasteiger partial charge on any atom is -0.481 e. The lowest BCUT2D eigenvalue weighted by Gasteiger charge is -2.00. The summed E-state index contributed by atoms with van der Waals surface area (Å²) in [5.41, 5.74) is 0.613. The lowest BCUT2D eigenvalue weighted by atomic mass is 10.2. The highest BCUT2D eigenvalue weighted by Crippen LogP contribution is 2.10. The summed E-state index contributed by atoms with van der Waals surface area (Å²) in [6, 6.07) is 11.8. The Bertz CT molecular complexity index is 568. The first-order valence-electron chi connectivity index (χ1n) is 4.98. The van der Waals surface area contributed by atoms with Crippen molar-refractivity contribution >= 4 is 0 Å². The Labute approximate surface area is 99.1 Å². The van der Waals surface area contributed by atoms with Gasteiger partial charge in [0.25, 0.3) is 0 Å². The molecule has 1 heterocycles. The number of hydrogen-bond acceptors (Lipinski definition) is 3. The van der Waals surface area contributed by atoms with Crippen LogP contribution < -0.4 is 4.74 Å². The van der Waals surface area contributed by atoms with Crippen molar-refractivity contribution in [3.05, 3.63) is 48.5 Å². The predicted molar refractivity (Wildman–Crippen MR) is 62.1 cm³/mol. The van der Waals surface area contributed by atoms with Crippen LogP contribution in [0.15, 0.2) is 43.0 Å². The number of ether oxygens (including phenoxy) is 1. The maximum absolute atomic E-state index is 8.63. The van der Waals surface area contributed by atoms with E-state index in [0.29, 0.717) is 17.9 Å². The summed E-state index contributed by atoms with van der Waals surface area (Å²) in [6.07, 6.45) is 5.04. The maximum atomic E-state index is 8.63. The van der Waals surface area contributed by atoms with Gasteiger partial charge in [0.15, 0.2) is 6.61 Å². The van der Waals surface area contributed by atoms with E-state index in [9.17, 15) is 0 Å². The van der Waals surface area contributed by atoms with Crippen molar-refractivity contribution in [2.24, 2.45) is 0 Å². The Morgan fingerprint density at radius 2 is 2.12 bits per heavy atom. The third-order valence-electron chi connectivity index (χ3n) is 2.01. The summed E-state index contributed by atoms with van der Waals surface area (Å²) in [5, 5.41) is 8.63. The molecule has 0 saturated heterocycles. The smallest absolute Gasteiger partial charge is 0.150 e. The van der Waals surface area contributed by atoms with Gasteiger partial charge in [0.1, 0.15) is 12.1 Å². The van der Waals surface area contributed by atoms with E-state index >= 15 is 0 Å². The second-order valence-corrected chi connectivity index (χ2v) is 3.18. The van der Waals surface area contributed by atoms with Crippen LogP contribution in [0.1, 0.15) is 5.56 Å². The van der Waals surface area contributed by atoms with E-state index in [2.05, 4.69) is 16.9 Å². The molecule has 0 spiro atoms. The second-order valence-electron chi connectivity index (χ2n) is 3.18. The number of nitrogens with zero attached hydrogens (tertiary/aromatic N) is 3. The van der Waals surface area contributed by atoms with Crippen LogP contribution in [0.2, 0.25) is 0 Å². The summed E-state index contributed by atoms with van der Waals surface area (Å²) in [4.78, 5) is 3.87. The van der Waals surface area contributed by atoms with Gasteiger partial charge in [0.05, 0.1) is 11.6 Å². The van der Waals surface area contributed by atoms with Gasteiger partial charge in [-0.15, -0.1) is 0 Å². The van der Waals surface area contributed by atoms with Gasteiger partial charge in [0, 0.05) is 18.4 Å². The average Bonchev–Trinajstić information content (AvgIpc) is 2.88. The monoisotopic (exact) mass is 223 g/mol. The minimum atomic E-state index is 0.296. The Morgan fingerprint density at radius 3 is 2.76 bits per heavy atom. The molecule has 0 radical (unpaired) electrons. The van der Waals surface area contributed by atoms with Crippen molar-refractivity contribution in [1.29, 1.82) is 5.26 Å². The van der Waals surface area contributed by atoms with Crippen molar-refractivity contribution < 1.29 is 4.74 Å². The van der Waals surface area contributed by atoms with Gasteiger partial charge in [-0.2, -0.15) is 5.26 Å². The Hall–Kier alpha value is -2.72. The molecule has 0 amide bonds. The van der Waals surface area contributed by atoms with Gasteiger partial charge in [-0.25, -0.2) is 4.98 Å². The molecular weight excluding hydrogens is 214 g/mol. The highest BCUT2D eigenvalue weighted by molar-refractivity contribution is 5.34. The number of aromatic nitrogens is 2. The molecule has 82 valence electrons. The van der Waals surface area contributed by atoms with E-state index in [1.165, 1.54) is 0 Å². The first kappa shape index (κ1) is 10.8. The fraction of sp³-hybridized carbons (Fsp3) is 0.0769. The van der Waals surface area contributed by atoms with Crippen LogP contribution in [0.5, 0.6) is 5.75 Å². The number of rotatable bonds is 2. The van der Waals surface area contributed by atoms with Crippen molar-refractivity contribution in [3.8, 4) is 23.8 Å². The van der Waals surface area contributed by atoms with Gasteiger partial charge < -0.3 is 4.74 Å². The van der Waals surface area contributed by atoms with Crippen LogP contribution in [0.4, 0.5) is 0 Å². The SMILES string of the molecule is N#Cc1ccc(OCC#Cn2ccnc2)cc1. The molecule has 17 heavy (non-hydrogen) atoms. The van der Waals surface area contributed by atoms with Crippen LogP contribution in [-0.4, -0.2) is 16.2 Å². The van der Waals surface area contributed by atoms with Gasteiger partial charge in [-0.1, -0.05) is 0 Å². The lowest BCUT2D eigenvalue weighted by Crippen LogP contribution is -1.94. The third-order valence-corrected chi connectivity index (χ3v) is 2.01. The Kier molecular flexibility index (Phi) is 3.42. The molecule has 0 aliphatic heterocycles. The number of imidazole rings is 1. The quantitative estimate of drug-likeness (QED) is 0.727. The summed E-state index contributed by atoms with van der Waals surface area (Å²) in [5.74, 6) is 3.55. The van der Waals surface area contributed by atoms with E-state index < -0.39 is 0 Å². The average molecular weight is 223 g/mol. The fourth-order valence-corrected chi connectivity index (χ4v) is 1.19. The molecule has 0 N–H and O–H groups in total. The highest BCUT2D eigenvalue weighted by Gasteiger charge is 1.92. The first-order valence-corrected chi connectivity index (χ1v) is 4.98. The summed E-state index contributed by atoms with van der Waals surface area (Å²) >= 11 is 0. The van der Waals surface area contributed by atoms with Crippen molar-refractivity contribution in [1.82, 2.24) is 9.55 Å². The molecule has 0 bridgehead atoms. The highest BCUT2D eigenvalue weighted by atomic mass is 16.5. The van der Waals surface area contributed by atoms with E-state index in [0.717, 1.165) is 0 Å². The zero-order valence-electron chi connectivity index (χ0n) is 9.00. The van der Waals surface area contributed by atoms with Crippen LogP contribution >= 0.6 is 0 Å². The molecule has 0 aliphatic carbocycles. The van der Waals surface area contributed by atoms with Crippen LogP contribution in [0.25, 0.3) is 0 Å². The molecule has 0 fully saturated rings. The standard InChI is InChI=1S/C13H9N3O/c14-10-12-2-4-13(5-3-12)17-9-1-7-16-8-6-15-11-16/h2-6,8,11H,9H2. The fourth-order valence-electron chi connectivity index (χ4n) is 1.19. The predicted octanol–water partition coefficient (Wildman–Crippen LogP) is 1.64. The third kappa shape index (κ3) is 3.12. The van der Waals surface area contributed by atoms with Crippen molar-refractivity contribution in [3.63, 3.8) is 0 Å². The largest absolute Gasteiger partial charge is 0.481 e. The van der Waals surface area contributed by atoms with Crippen LogP contribution in [-0.2, 0) is 0 Å². The number of benzene rings is 1. The summed E-state index contributed by atoms with van der Waals surface area (Å²) in [6.45, 7) is 0.296. The van der Waals surface area contributed by atoms with Gasteiger partial charge in [-0.05, 0) is 30.2 Å². The van der Waals surface area contributed by atoms with E-state index in [4.69, 9.17) is 10.00 Å². The molecule has 1 aromatic carbocycles. The molecule has 0 atom stereocenters. The molecular formula is C13H9N3O. The zero-order valence-corrected chi connectivity index (χ0v) is 9.00. The second kappa shape index (κ2) is 5.39. The van der Waals surface area contributed by atoms with Gasteiger partial charge in [-0.3, -0.25) is 4.57 Å². The van der Waals surface area contributed by atoms with Crippen molar-refractivity contribution in [2.45, 2.75) is 0 Å². The molecule has 4 nitrogen and oxygen atoms in total. The number of nitriles is 1. The topological polar surface area (TPSA) is 50.8 Å². The Balaban J connectivity index is 1.88. The van der Waals surface area contributed by atoms with E-state index in [1.54, 1.807) is 47.6 Å². The number of hydrogen-bond donors (Lipinski definition) is 0. The summed E-state index contributed by atoms with van der Waals surface area (Å²) < 4.78 is 7.04. The van der Waals surface area contributed by atoms with E-state index in [1.807, 2.05) is 6.07 Å². The van der Waals surface area contributed by atoms with Crippen LogP contribution in [0, 0.1) is 23.3 Å². The molecule has 0 saturated carbocycles. The molecule has 1 aromatic heterocycles. The minimum absolute atomic E-state index is 0.296. The maximum Gasteiger partial charge on any atom is 0.150 e. The normalized spacial score (nSPS) is 8.88. The molecule has 0 unspecified atom stereocenters. The first-order chi connectivity index (χ1) is 8.38. The summed E-state index contributed by atoms with van der Waals surface area (Å²) in [7, 11) is 0.